The molecule has 0 saturated heterocycles. The van der Waals surface area contributed by atoms with Crippen LogP contribution >= 0.6 is 0 Å². The number of nitrogens with one attached hydrogen (secondary N) is 1. The maximum absolute atomic E-state index is 13.3. The molecule has 33 heavy (non-hydrogen) atoms. The molecule has 0 aliphatic heterocycles. The molecule has 0 fully saturated rings. The number of methoxy groups -OCH3 is 1. The summed E-state index contributed by atoms with van der Waals surface area (Å²) in [7, 11) is -2.44. The molecule has 0 aromatic heterocycles. The van der Waals surface area contributed by atoms with E-state index in [9.17, 15) is 13.2 Å². The zero-order chi connectivity index (χ0) is 23.7. The molecule has 172 valence electrons. The zero-order valence-electron chi connectivity index (χ0n) is 18.6. The van der Waals surface area contributed by atoms with E-state index in [1.165, 1.54) is 24.8 Å². The quantitative estimate of drug-likeness (QED) is 0.362. The number of carbonyl (C=O) groups is 1. The molecular weight excluding hydrogens is 438 g/mol. The average molecular weight is 466 g/mol. The number of hydrazone groups is 1. The molecule has 0 spiro atoms. The Morgan fingerprint density at radius 2 is 1.55 bits per heavy atom. The van der Waals surface area contributed by atoms with Crippen molar-refractivity contribution in [3.8, 4) is 5.75 Å². The van der Waals surface area contributed by atoms with Gasteiger partial charge >= 0.3 is 0 Å². The zero-order valence-corrected chi connectivity index (χ0v) is 19.5. The fourth-order valence-corrected chi connectivity index (χ4v) is 4.57. The van der Waals surface area contributed by atoms with Crippen LogP contribution in [0, 0.1) is 0 Å². The van der Waals surface area contributed by atoms with Gasteiger partial charge in [-0.2, -0.15) is 5.10 Å². The highest BCUT2D eigenvalue weighted by molar-refractivity contribution is 7.92. The molecule has 3 aromatic carbocycles. The van der Waals surface area contributed by atoms with Gasteiger partial charge in [0.1, 0.15) is 12.3 Å². The second kappa shape index (κ2) is 11.3. The highest BCUT2D eigenvalue weighted by Crippen LogP contribution is 2.25. The van der Waals surface area contributed by atoms with Crippen molar-refractivity contribution in [2.75, 3.05) is 18.0 Å². The highest BCUT2D eigenvalue weighted by atomic mass is 32.2. The van der Waals surface area contributed by atoms with Crippen LogP contribution in [0.15, 0.2) is 94.9 Å². The van der Waals surface area contributed by atoms with Crippen molar-refractivity contribution in [3.05, 3.63) is 90.5 Å². The van der Waals surface area contributed by atoms with Crippen LogP contribution in [-0.2, 0) is 21.2 Å². The number of sulfonamides is 1. The molecule has 8 heteroatoms. The number of benzene rings is 3. The second-order valence-electron chi connectivity index (χ2n) is 7.39. The number of hydrogen-bond acceptors (Lipinski definition) is 5. The van der Waals surface area contributed by atoms with Crippen LogP contribution in [0.2, 0.25) is 0 Å². The van der Waals surface area contributed by atoms with Crippen molar-refractivity contribution in [2.24, 2.45) is 5.10 Å². The third-order valence-electron chi connectivity index (χ3n) is 4.97. The van der Waals surface area contributed by atoms with E-state index in [1.807, 2.05) is 37.3 Å². The van der Waals surface area contributed by atoms with Gasteiger partial charge in [0.2, 0.25) is 0 Å². The van der Waals surface area contributed by atoms with Crippen LogP contribution in [0.25, 0.3) is 0 Å². The van der Waals surface area contributed by atoms with Crippen LogP contribution in [0.4, 0.5) is 5.69 Å². The van der Waals surface area contributed by atoms with Crippen LogP contribution in [0.1, 0.15) is 18.9 Å². The van der Waals surface area contributed by atoms with Crippen LogP contribution in [0.5, 0.6) is 5.75 Å². The predicted octanol–water partition coefficient (Wildman–Crippen LogP) is 4.02. The first-order valence-electron chi connectivity index (χ1n) is 10.5. The summed E-state index contributed by atoms with van der Waals surface area (Å²) < 4.78 is 32.8. The van der Waals surface area contributed by atoms with Gasteiger partial charge in [-0.05, 0) is 61.7 Å². The van der Waals surface area contributed by atoms with Gasteiger partial charge in [-0.15, -0.1) is 0 Å². The minimum absolute atomic E-state index is 0.0937. The molecule has 0 unspecified atom stereocenters. The minimum Gasteiger partial charge on any atom is -0.497 e. The molecule has 0 saturated carbocycles. The lowest BCUT2D eigenvalue weighted by Gasteiger charge is -2.24. The summed E-state index contributed by atoms with van der Waals surface area (Å²) >= 11 is 0. The number of ether oxygens (including phenoxy) is 1. The summed E-state index contributed by atoms with van der Waals surface area (Å²) in [4.78, 5) is 12.8. The number of hydrogen-bond donors (Lipinski definition) is 1. The second-order valence-corrected chi connectivity index (χ2v) is 9.25. The first-order valence-corrected chi connectivity index (χ1v) is 11.9. The number of amides is 1. The monoisotopic (exact) mass is 465 g/mol. The fraction of sp³-hybridized carbons (Fsp3) is 0.200. The Kier molecular flexibility index (Phi) is 8.21. The molecule has 0 radical (unpaired) electrons. The summed E-state index contributed by atoms with van der Waals surface area (Å²) in [5.41, 5.74) is 4.75. The number of carbonyl (C=O) groups excluding carboxylic acids is 1. The molecule has 0 heterocycles. The van der Waals surface area contributed by atoms with Crippen molar-refractivity contribution < 1.29 is 17.9 Å². The Balaban J connectivity index is 1.74. The van der Waals surface area contributed by atoms with Gasteiger partial charge in [-0.25, -0.2) is 13.8 Å². The molecule has 0 bridgehead atoms. The summed E-state index contributed by atoms with van der Waals surface area (Å²) in [6, 6.07) is 24.5. The number of aryl methyl sites for hydroxylation is 1. The maximum atomic E-state index is 13.3. The van der Waals surface area contributed by atoms with Gasteiger partial charge in [0.15, 0.2) is 0 Å². The molecule has 0 atom stereocenters. The fourth-order valence-electron chi connectivity index (χ4n) is 3.13. The summed E-state index contributed by atoms with van der Waals surface area (Å²) in [6.45, 7) is 1.41. The van der Waals surface area contributed by atoms with Crippen molar-refractivity contribution in [1.82, 2.24) is 5.43 Å². The normalized spacial score (nSPS) is 11.6. The molecular formula is C25H27N3O4S. The largest absolute Gasteiger partial charge is 0.497 e. The average Bonchev–Trinajstić information content (AvgIpc) is 2.86. The standard InChI is InChI=1S/C25H27N3O4S/c1-20(13-14-21-9-5-3-6-10-21)26-27-25(29)19-28(22-15-17-23(32-2)18-16-22)33(30,31)24-11-7-4-8-12-24/h3-12,15-18H,13-14,19H2,1-2H3,(H,27,29)/b26-20-. The van der Waals surface area contributed by atoms with Crippen molar-refractivity contribution >= 4 is 27.3 Å². The van der Waals surface area contributed by atoms with Gasteiger partial charge in [0.25, 0.3) is 15.9 Å². The van der Waals surface area contributed by atoms with Crippen LogP contribution < -0.4 is 14.5 Å². The Morgan fingerprint density at radius 1 is 0.939 bits per heavy atom. The smallest absolute Gasteiger partial charge is 0.264 e. The van der Waals surface area contributed by atoms with Gasteiger partial charge in [0, 0.05) is 5.71 Å². The van der Waals surface area contributed by atoms with E-state index in [4.69, 9.17) is 4.74 Å². The topological polar surface area (TPSA) is 88.1 Å². The van der Waals surface area contributed by atoms with Gasteiger partial charge in [0.05, 0.1) is 17.7 Å². The van der Waals surface area contributed by atoms with E-state index in [0.29, 0.717) is 17.9 Å². The van der Waals surface area contributed by atoms with E-state index in [-0.39, 0.29) is 4.90 Å². The van der Waals surface area contributed by atoms with Crippen LogP contribution in [-0.4, -0.2) is 33.7 Å². The van der Waals surface area contributed by atoms with E-state index < -0.39 is 22.5 Å². The van der Waals surface area contributed by atoms with Crippen LogP contribution in [0.3, 0.4) is 0 Å². The molecule has 1 amide bonds. The van der Waals surface area contributed by atoms with Gasteiger partial charge in [-0.3, -0.25) is 9.10 Å². The molecule has 3 aromatic rings. The Bertz CT molecular complexity index is 1180. The number of nitrogens with zero attached hydrogens (tertiary/aromatic N) is 2. The van der Waals surface area contributed by atoms with Crippen molar-refractivity contribution in [1.29, 1.82) is 0 Å². The minimum atomic E-state index is -3.97. The maximum Gasteiger partial charge on any atom is 0.264 e. The van der Waals surface area contributed by atoms with Gasteiger partial charge < -0.3 is 4.74 Å². The van der Waals surface area contributed by atoms with E-state index in [0.717, 1.165) is 16.4 Å². The van der Waals surface area contributed by atoms with Crippen molar-refractivity contribution in [2.45, 2.75) is 24.7 Å². The third kappa shape index (κ3) is 6.66. The first-order chi connectivity index (χ1) is 15.9. The Hall–Kier alpha value is -3.65. The van der Waals surface area contributed by atoms with Crippen molar-refractivity contribution in [3.63, 3.8) is 0 Å². The van der Waals surface area contributed by atoms with Gasteiger partial charge in [-0.1, -0.05) is 48.5 Å². The molecule has 7 nitrogen and oxygen atoms in total. The Morgan fingerprint density at radius 3 is 2.15 bits per heavy atom. The number of rotatable bonds is 10. The SMILES string of the molecule is COc1ccc(N(CC(=O)N/N=C(/C)CCc2ccccc2)S(=O)(=O)c2ccccc2)cc1. The lowest BCUT2D eigenvalue weighted by Crippen LogP contribution is -2.39. The summed E-state index contributed by atoms with van der Waals surface area (Å²) in [5.74, 6) is 0.0447. The lowest BCUT2D eigenvalue weighted by molar-refractivity contribution is -0.119. The molecule has 1 N–H and O–H groups in total. The number of anilines is 1. The Labute approximate surface area is 194 Å². The molecule has 0 aliphatic carbocycles. The molecule has 0 aliphatic rings. The summed E-state index contributed by atoms with van der Waals surface area (Å²) in [6.07, 6.45) is 1.47. The highest BCUT2D eigenvalue weighted by Gasteiger charge is 2.27. The van der Waals surface area contributed by atoms with E-state index in [1.54, 1.807) is 42.5 Å². The predicted molar refractivity (Wildman–Crippen MR) is 130 cm³/mol. The molecule has 3 rings (SSSR count). The van der Waals surface area contributed by atoms with E-state index >= 15 is 0 Å². The van der Waals surface area contributed by atoms with E-state index in [2.05, 4.69) is 10.5 Å². The summed E-state index contributed by atoms with van der Waals surface area (Å²) in [5, 5.41) is 4.14. The lowest BCUT2D eigenvalue weighted by atomic mass is 10.1. The first kappa shape index (κ1) is 24.0. The third-order valence-corrected chi connectivity index (χ3v) is 6.76.